The van der Waals surface area contributed by atoms with Crippen LogP contribution in [0.2, 0.25) is 0 Å². The predicted molar refractivity (Wildman–Crippen MR) is 133 cm³/mol. The van der Waals surface area contributed by atoms with E-state index in [0.717, 1.165) is 41.0 Å². The van der Waals surface area contributed by atoms with E-state index < -0.39 is 11.6 Å². The second-order valence-corrected chi connectivity index (χ2v) is 10.0. The Hall–Kier alpha value is -3.35. The number of fused-ring (bicyclic) bond motifs is 2. The van der Waals surface area contributed by atoms with Crippen LogP contribution in [0, 0.1) is 0 Å². The van der Waals surface area contributed by atoms with E-state index in [4.69, 9.17) is 9.47 Å². The van der Waals surface area contributed by atoms with Gasteiger partial charge in [-0.05, 0) is 81.3 Å². The largest absolute Gasteiger partial charge is 0.491 e. The van der Waals surface area contributed by atoms with Crippen molar-refractivity contribution in [3.05, 3.63) is 58.7 Å². The van der Waals surface area contributed by atoms with Gasteiger partial charge in [0, 0.05) is 19.3 Å². The number of amides is 3. The lowest BCUT2D eigenvalue weighted by molar-refractivity contribution is -0.124. The fraction of sp³-hybridized carbons (Fsp3) is 0.464. The van der Waals surface area contributed by atoms with Crippen LogP contribution in [0.4, 0.5) is 4.79 Å². The van der Waals surface area contributed by atoms with Gasteiger partial charge in [-0.1, -0.05) is 24.3 Å². The van der Waals surface area contributed by atoms with Gasteiger partial charge in [-0.3, -0.25) is 14.9 Å². The fourth-order valence-electron chi connectivity index (χ4n) is 5.00. The van der Waals surface area contributed by atoms with Gasteiger partial charge in [-0.2, -0.15) is 0 Å². The molecular formula is C28H34N2O5. The molecule has 7 heteroatoms. The molecule has 1 atom stereocenters. The molecule has 7 nitrogen and oxygen atoms in total. The number of carbonyl (C=O) groups is 3. The molecule has 2 aromatic carbocycles. The summed E-state index contributed by atoms with van der Waals surface area (Å²) in [5.41, 5.74) is 3.82. The minimum Gasteiger partial charge on any atom is -0.491 e. The Morgan fingerprint density at radius 2 is 1.40 bits per heavy atom. The van der Waals surface area contributed by atoms with E-state index in [2.05, 4.69) is 10.6 Å². The summed E-state index contributed by atoms with van der Waals surface area (Å²) in [4.78, 5) is 34.7. The molecule has 0 radical (unpaired) electrons. The maximum Gasteiger partial charge on any atom is 0.322 e. The first-order valence-electron chi connectivity index (χ1n) is 12.4. The van der Waals surface area contributed by atoms with Crippen LogP contribution >= 0.6 is 0 Å². The van der Waals surface area contributed by atoms with E-state index in [1.54, 1.807) is 0 Å². The van der Waals surface area contributed by atoms with Crippen molar-refractivity contribution in [2.24, 2.45) is 0 Å². The molecule has 3 aliphatic rings. The number of nitrogens with one attached hydrogen (secondary N) is 2. The number of imide groups is 1. The Labute approximate surface area is 206 Å². The van der Waals surface area contributed by atoms with Gasteiger partial charge in [0.1, 0.15) is 22.8 Å². The Kier molecular flexibility index (Phi) is 7.15. The summed E-state index contributed by atoms with van der Waals surface area (Å²) in [6.07, 6.45) is 4.23. The molecule has 3 amide bonds. The minimum absolute atomic E-state index is 0.117. The third-order valence-electron chi connectivity index (χ3n) is 6.54. The van der Waals surface area contributed by atoms with Crippen molar-refractivity contribution in [2.75, 3.05) is 0 Å². The minimum atomic E-state index is -0.777. The highest BCUT2D eigenvalue weighted by atomic mass is 16.5. The lowest BCUT2D eigenvalue weighted by Gasteiger charge is -2.32. The molecule has 2 N–H and O–H groups in total. The summed E-state index contributed by atoms with van der Waals surface area (Å²) >= 11 is 0. The highest BCUT2D eigenvalue weighted by Crippen LogP contribution is 2.36. The first kappa shape index (κ1) is 24.8. The predicted octanol–water partition coefficient (Wildman–Crippen LogP) is 4.07. The number of rotatable bonds is 4. The van der Waals surface area contributed by atoms with Crippen LogP contribution in [-0.4, -0.2) is 35.5 Å². The number of benzene rings is 2. The highest BCUT2D eigenvalue weighted by Gasteiger charge is 2.48. The molecule has 5 rings (SSSR count). The van der Waals surface area contributed by atoms with Gasteiger partial charge in [0.25, 0.3) is 5.91 Å². The number of hydrogen-bond donors (Lipinski definition) is 2. The van der Waals surface area contributed by atoms with Crippen molar-refractivity contribution < 1.29 is 23.9 Å². The maximum atomic E-state index is 12.0. The summed E-state index contributed by atoms with van der Waals surface area (Å²) in [5.74, 6) is 1.96. The molecule has 1 fully saturated rings. The zero-order chi connectivity index (χ0) is 25.2. The van der Waals surface area contributed by atoms with Crippen molar-refractivity contribution in [3.63, 3.8) is 0 Å². The first-order valence-corrected chi connectivity index (χ1v) is 12.4. The second kappa shape index (κ2) is 10.1. The molecule has 1 saturated heterocycles. The van der Waals surface area contributed by atoms with Crippen LogP contribution in [-0.2, 0) is 35.3 Å². The van der Waals surface area contributed by atoms with Gasteiger partial charge >= 0.3 is 6.03 Å². The maximum absolute atomic E-state index is 12.0. The van der Waals surface area contributed by atoms with Gasteiger partial charge in [-0.25, -0.2) is 4.79 Å². The molecule has 0 bridgehead atoms. The van der Waals surface area contributed by atoms with Crippen LogP contribution in [0.1, 0.15) is 62.8 Å². The number of ether oxygens (including phenoxy) is 2. The van der Waals surface area contributed by atoms with E-state index in [1.165, 1.54) is 5.56 Å². The summed E-state index contributed by atoms with van der Waals surface area (Å²) < 4.78 is 11.6. The summed E-state index contributed by atoms with van der Waals surface area (Å²) in [6.45, 7) is 8.03. The first-order chi connectivity index (χ1) is 16.7. The van der Waals surface area contributed by atoms with Crippen molar-refractivity contribution in [3.8, 4) is 11.5 Å². The smallest absolute Gasteiger partial charge is 0.322 e. The quantitative estimate of drug-likeness (QED) is 0.646. The van der Waals surface area contributed by atoms with Crippen LogP contribution in [0.15, 0.2) is 36.4 Å². The number of urea groups is 1. The molecule has 0 saturated carbocycles. The lowest BCUT2D eigenvalue weighted by Crippen LogP contribution is -2.51. The van der Waals surface area contributed by atoms with Gasteiger partial charge in [0.2, 0.25) is 0 Å². The van der Waals surface area contributed by atoms with Crippen molar-refractivity contribution in [2.45, 2.75) is 84.0 Å². The molecule has 1 heterocycles. The Morgan fingerprint density at radius 1 is 0.800 bits per heavy atom. The van der Waals surface area contributed by atoms with Crippen LogP contribution in [0.25, 0.3) is 0 Å². The number of ketones is 1. The average molecular weight is 479 g/mol. The Morgan fingerprint density at radius 3 is 1.97 bits per heavy atom. The van der Waals surface area contributed by atoms with Crippen molar-refractivity contribution in [1.82, 2.24) is 10.6 Å². The third kappa shape index (κ3) is 5.50. The summed E-state index contributed by atoms with van der Waals surface area (Å²) in [5, 5.41) is 5.11. The van der Waals surface area contributed by atoms with Crippen LogP contribution in [0.3, 0.4) is 0 Å². The topological polar surface area (TPSA) is 93.7 Å². The molecule has 186 valence electrons. The Bertz CT molecular complexity index is 1140. The van der Waals surface area contributed by atoms with Gasteiger partial charge in [0.05, 0.1) is 12.2 Å². The van der Waals surface area contributed by atoms with Gasteiger partial charge in [-0.15, -0.1) is 0 Å². The van der Waals surface area contributed by atoms with Crippen molar-refractivity contribution in [1.29, 1.82) is 0 Å². The SMILES string of the molecule is CC(C)Oc1cccc2c1CCC(=O)C2.CC(C)Oc1cccc2c1CCC1(C2)NC(=O)NC1=O. The van der Waals surface area contributed by atoms with Crippen LogP contribution < -0.4 is 20.1 Å². The van der Waals surface area contributed by atoms with E-state index >= 15 is 0 Å². The third-order valence-corrected chi connectivity index (χ3v) is 6.54. The van der Waals surface area contributed by atoms with Gasteiger partial charge < -0.3 is 14.8 Å². The molecular weight excluding hydrogens is 444 g/mol. The molecule has 2 aliphatic carbocycles. The number of carbonyl (C=O) groups excluding carboxylic acids is 3. The summed E-state index contributed by atoms with van der Waals surface area (Å²) in [6, 6.07) is 11.5. The normalized spacial score (nSPS) is 20.6. The zero-order valence-corrected chi connectivity index (χ0v) is 20.9. The molecule has 0 aromatic heterocycles. The lowest BCUT2D eigenvalue weighted by atomic mass is 9.77. The second-order valence-electron chi connectivity index (χ2n) is 10.0. The Balaban J connectivity index is 0.000000172. The molecule has 35 heavy (non-hydrogen) atoms. The average Bonchev–Trinajstić information content (AvgIpc) is 3.05. The highest BCUT2D eigenvalue weighted by molar-refractivity contribution is 6.07. The number of Topliss-reactive ketones (excluding diaryl/α,β-unsaturated/α-hetero) is 1. The number of hydrogen-bond acceptors (Lipinski definition) is 5. The molecule has 1 spiro atoms. The molecule has 2 aromatic rings. The van der Waals surface area contributed by atoms with Crippen LogP contribution in [0.5, 0.6) is 11.5 Å². The van der Waals surface area contributed by atoms with E-state index in [9.17, 15) is 14.4 Å². The standard InChI is InChI=1S/C15H18N2O3.C13H16O2/c1-9(2)20-12-5-3-4-10-8-15(7-6-11(10)12)13(18)16-14(19)17-15;1-9(2)15-13-5-3-4-10-8-11(14)6-7-12(10)13/h3-5,9H,6-8H2,1-2H3,(H2,16,17,18,19);3-5,9H,6-8H2,1-2H3. The van der Waals surface area contributed by atoms with Gasteiger partial charge in [0.15, 0.2) is 0 Å². The van der Waals surface area contributed by atoms with E-state index in [-0.39, 0.29) is 18.1 Å². The zero-order valence-electron chi connectivity index (χ0n) is 20.9. The fourth-order valence-corrected chi connectivity index (χ4v) is 5.00. The molecule has 1 unspecified atom stereocenters. The molecule has 1 aliphatic heterocycles. The van der Waals surface area contributed by atoms with Crippen molar-refractivity contribution >= 4 is 17.7 Å². The monoisotopic (exact) mass is 478 g/mol. The van der Waals surface area contributed by atoms with E-state index in [0.29, 0.717) is 31.5 Å². The van der Waals surface area contributed by atoms with E-state index in [1.807, 2.05) is 64.1 Å². The summed E-state index contributed by atoms with van der Waals surface area (Å²) in [7, 11) is 0.